The predicted molar refractivity (Wildman–Crippen MR) is 89.2 cm³/mol. The van der Waals surface area contributed by atoms with E-state index in [1.54, 1.807) is 0 Å². The number of fused-ring (bicyclic) bond motifs is 1. The molecule has 4 heteroatoms. The van der Waals surface area contributed by atoms with E-state index in [-0.39, 0.29) is 18.5 Å². The van der Waals surface area contributed by atoms with Crippen LogP contribution in [0.4, 0.5) is 0 Å². The van der Waals surface area contributed by atoms with Gasteiger partial charge in [0.15, 0.2) is 0 Å². The molecular formula is C17H27ClN2O. The zero-order valence-corrected chi connectivity index (χ0v) is 13.9. The molecule has 2 saturated heterocycles. The van der Waals surface area contributed by atoms with Gasteiger partial charge in [0.1, 0.15) is 5.75 Å². The number of hydrogen-bond acceptors (Lipinski definition) is 3. The van der Waals surface area contributed by atoms with Crippen molar-refractivity contribution in [3.8, 4) is 5.75 Å². The molecule has 1 aromatic carbocycles. The maximum atomic E-state index is 5.78. The van der Waals surface area contributed by atoms with Crippen molar-refractivity contribution < 1.29 is 4.74 Å². The van der Waals surface area contributed by atoms with Crippen LogP contribution in [0.5, 0.6) is 5.75 Å². The van der Waals surface area contributed by atoms with E-state index in [0.717, 1.165) is 24.1 Å². The van der Waals surface area contributed by atoms with Crippen LogP contribution in [-0.2, 0) is 6.54 Å². The third kappa shape index (κ3) is 4.35. The number of nitrogens with zero attached hydrogens (tertiary/aromatic N) is 1. The van der Waals surface area contributed by atoms with Crippen molar-refractivity contribution in [3.05, 3.63) is 29.8 Å². The fraction of sp³-hybridized carbons (Fsp3) is 0.647. The molecule has 0 amide bonds. The van der Waals surface area contributed by atoms with Gasteiger partial charge < -0.3 is 10.1 Å². The van der Waals surface area contributed by atoms with Gasteiger partial charge in [-0.3, -0.25) is 4.90 Å². The molecule has 0 bridgehead atoms. The van der Waals surface area contributed by atoms with Gasteiger partial charge in [-0.25, -0.2) is 0 Å². The lowest BCUT2D eigenvalue weighted by Crippen LogP contribution is -2.39. The summed E-state index contributed by atoms with van der Waals surface area (Å²) in [5.74, 6) is 2.77. The minimum absolute atomic E-state index is 0. The first-order valence-corrected chi connectivity index (χ1v) is 7.89. The van der Waals surface area contributed by atoms with Gasteiger partial charge in [0.05, 0.1) is 6.10 Å². The highest BCUT2D eigenvalue weighted by Gasteiger charge is 2.32. The van der Waals surface area contributed by atoms with Crippen LogP contribution in [-0.4, -0.2) is 37.2 Å². The van der Waals surface area contributed by atoms with Gasteiger partial charge in [-0.1, -0.05) is 12.1 Å². The summed E-state index contributed by atoms with van der Waals surface area (Å²) in [6.07, 6.45) is 1.59. The van der Waals surface area contributed by atoms with Crippen LogP contribution in [0, 0.1) is 11.8 Å². The third-order valence-electron chi connectivity index (χ3n) is 4.46. The van der Waals surface area contributed by atoms with Crippen molar-refractivity contribution in [2.75, 3.05) is 26.2 Å². The van der Waals surface area contributed by atoms with Crippen molar-refractivity contribution in [3.63, 3.8) is 0 Å². The van der Waals surface area contributed by atoms with Crippen LogP contribution in [0.15, 0.2) is 24.3 Å². The zero-order valence-electron chi connectivity index (χ0n) is 13.0. The fourth-order valence-electron chi connectivity index (χ4n) is 3.50. The van der Waals surface area contributed by atoms with Gasteiger partial charge in [-0.15, -0.1) is 12.4 Å². The second kappa shape index (κ2) is 7.48. The number of piperidine rings is 1. The molecule has 2 heterocycles. The molecule has 118 valence electrons. The molecule has 1 aromatic rings. The Bertz CT molecular complexity index is 452. The Morgan fingerprint density at radius 3 is 2.90 bits per heavy atom. The Balaban J connectivity index is 0.00000161. The lowest BCUT2D eigenvalue weighted by atomic mass is 9.88. The smallest absolute Gasteiger partial charge is 0.120 e. The summed E-state index contributed by atoms with van der Waals surface area (Å²) < 4.78 is 5.78. The second-order valence-electron chi connectivity index (χ2n) is 6.52. The first-order valence-electron chi connectivity index (χ1n) is 7.89. The highest BCUT2D eigenvalue weighted by Crippen LogP contribution is 2.27. The largest absolute Gasteiger partial charge is 0.491 e. The molecule has 2 fully saturated rings. The standard InChI is InChI=1S/C17H26N2O.ClH/c1-13(2)20-17-5-3-4-14(8-17)11-19-7-6-15-9-18-10-16(15)12-19;/h3-5,8,13,15-16,18H,6-7,9-12H2,1-2H3;1H. The highest BCUT2D eigenvalue weighted by atomic mass is 35.5. The van der Waals surface area contributed by atoms with E-state index in [1.807, 2.05) is 0 Å². The molecule has 3 rings (SSSR count). The number of benzene rings is 1. The minimum Gasteiger partial charge on any atom is -0.491 e. The first kappa shape index (κ1) is 16.6. The van der Waals surface area contributed by atoms with E-state index in [4.69, 9.17) is 4.74 Å². The summed E-state index contributed by atoms with van der Waals surface area (Å²) in [7, 11) is 0. The fourth-order valence-corrected chi connectivity index (χ4v) is 3.50. The van der Waals surface area contributed by atoms with Crippen LogP contribution in [0.2, 0.25) is 0 Å². The van der Waals surface area contributed by atoms with E-state index in [9.17, 15) is 0 Å². The Hall–Kier alpha value is -0.770. The number of hydrogen-bond donors (Lipinski definition) is 1. The average Bonchev–Trinajstić information content (AvgIpc) is 2.85. The number of likely N-dealkylation sites (tertiary alicyclic amines) is 1. The average molecular weight is 311 g/mol. The Morgan fingerprint density at radius 2 is 2.10 bits per heavy atom. The summed E-state index contributed by atoms with van der Waals surface area (Å²) in [5, 5.41) is 3.53. The van der Waals surface area contributed by atoms with E-state index in [2.05, 4.69) is 48.3 Å². The molecule has 0 aromatic heterocycles. The molecule has 0 saturated carbocycles. The maximum Gasteiger partial charge on any atom is 0.120 e. The number of ether oxygens (including phenoxy) is 1. The van der Waals surface area contributed by atoms with Crippen molar-refractivity contribution in [1.82, 2.24) is 10.2 Å². The minimum atomic E-state index is 0. The molecule has 0 spiro atoms. The van der Waals surface area contributed by atoms with Crippen LogP contribution in [0.3, 0.4) is 0 Å². The quantitative estimate of drug-likeness (QED) is 0.925. The van der Waals surface area contributed by atoms with Gasteiger partial charge in [-0.05, 0) is 69.4 Å². The molecule has 21 heavy (non-hydrogen) atoms. The lowest BCUT2D eigenvalue weighted by molar-refractivity contribution is 0.142. The van der Waals surface area contributed by atoms with Crippen molar-refractivity contribution in [1.29, 1.82) is 0 Å². The predicted octanol–water partition coefficient (Wildman–Crippen LogP) is 2.94. The molecule has 2 atom stereocenters. The lowest BCUT2D eigenvalue weighted by Gasteiger charge is -2.34. The van der Waals surface area contributed by atoms with Crippen LogP contribution < -0.4 is 10.1 Å². The van der Waals surface area contributed by atoms with Crippen LogP contribution in [0.25, 0.3) is 0 Å². The Morgan fingerprint density at radius 1 is 1.29 bits per heavy atom. The Kier molecular flexibility index (Phi) is 5.91. The topological polar surface area (TPSA) is 24.5 Å². The van der Waals surface area contributed by atoms with E-state index in [1.165, 1.54) is 38.2 Å². The molecule has 3 nitrogen and oxygen atoms in total. The van der Waals surface area contributed by atoms with Crippen molar-refractivity contribution in [2.24, 2.45) is 11.8 Å². The van der Waals surface area contributed by atoms with E-state index >= 15 is 0 Å². The van der Waals surface area contributed by atoms with Gasteiger partial charge in [0.25, 0.3) is 0 Å². The molecule has 0 radical (unpaired) electrons. The summed E-state index contributed by atoms with van der Waals surface area (Å²) in [5.41, 5.74) is 1.37. The van der Waals surface area contributed by atoms with Crippen molar-refractivity contribution in [2.45, 2.75) is 32.9 Å². The number of nitrogens with one attached hydrogen (secondary N) is 1. The van der Waals surface area contributed by atoms with Gasteiger partial charge in [0, 0.05) is 13.1 Å². The van der Waals surface area contributed by atoms with Crippen LogP contribution in [0.1, 0.15) is 25.8 Å². The second-order valence-corrected chi connectivity index (χ2v) is 6.52. The molecule has 2 unspecified atom stereocenters. The normalized spacial score (nSPS) is 25.5. The summed E-state index contributed by atoms with van der Waals surface area (Å²) in [4.78, 5) is 2.60. The highest BCUT2D eigenvalue weighted by molar-refractivity contribution is 5.85. The number of halogens is 1. The molecule has 0 aliphatic carbocycles. The zero-order chi connectivity index (χ0) is 13.9. The summed E-state index contributed by atoms with van der Waals surface area (Å²) >= 11 is 0. The first-order chi connectivity index (χ1) is 9.70. The van der Waals surface area contributed by atoms with E-state index in [0.29, 0.717) is 0 Å². The SMILES string of the molecule is CC(C)Oc1cccc(CN2CCC3CNCC3C2)c1.Cl. The molecule has 1 N–H and O–H groups in total. The number of rotatable bonds is 4. The molecule has 2 aliphatic heterocycles. The van der Waals surface area contributed by atoms with Crippen LogP contribution >= 0.6 is 12.4 Å². The van der Waals surface area contributed by atoms with E-state index < -0.39 is 0 Å². The maximum absolute atomic E-state index is 5.78. The monoisotopic (exact) mass is 310 g/mol. The Labute approximate surface area is 134 Å². The third-order valence-corrected chi connectivity index (χ3v) is 4.46. The van der Waals surface area contributed by atoms with Gasteiger partial charge >= 0.3 is 0 Å². The van der Waals surface area contributed by atoms with Crippen molar-refractivity contribution >= 4 is 12.4 Å². The van der Waals surface area contributed by atoms with Gasteiger partial charge in [-0.2, -0.15) is 0 Å². The van der Waals surface area contributed by atoms with Gasteiger partial charge in [0.2, 0.25) is 0 Å². The summed E-state index contributed by atoms with van der Waals surface area (Å²) in [6, 6.07) is 8.57. The molecule has 2 aliphatic rings. The molecular weight excluding hydrogens is 284 g/mol. The summed E-state index contributed by atoms with van der Waals surface area (Å²) in [6.45, 7) is 10.1.